The molecule has 3 rings (SSSR count). The highest BCUT2D eigenvalue weighted by molar-refractivity contribution is 7.14. The molecule has 8 nitrogen and oxygen atoms in total. The fraction of sp³-hybridized carbons (Fsp3) is 0.118. The van der Waals surface area contributed by atoms with Crippen molar-refractivity contribution >= 4 is 34.2 Å². The monoisotopic (exact) mass is 369 g/mol. The third-order valence-electron chi connectivity index (χ3n) is 3.38. The van der Waals surface area contributed by atoms with Crippen LogP contribution in [0.15, 0.2) is 48.1 Å². The van der Waals surface area contributed by atoms with Crippen LogP contribution in [0.4, 0.5) is 10.9 Å². The average Bonchev–Trinajstić information content (AvgIpc) is 3.11. The first-order valence-electron chi connectivity index (χ1n) is 7.64. The van der Waals surface area contributed by atoms with Gasteiger partial charge in [0.2, 0.25) is 0 Å². The highest BCUT2D eigenvalue weighted by atomic mass is 32.1. The van der Waals surface area contributed by atoms with Crippen molar-refractivity contribution in [3.05, 3.63) is 53.8 Å². The third-order valence-corrected chi connectivity index (χ3v) is 4.13. The molecule has 1 unspecified atom stereocenters. The molecule has 0 radical (unpaired) electrons. The number of amides is 1. The summed E-state index contributed by atoms with van der Waals surface area (Å²) in [7, 11) is 0. The predicted octanol–water partition coefficient (Wildman–Crippen LogP) is 2.37. The lowest BCUT2D eigenvalue weighted by atomic mass is 10.2. The van der Waals surface area contributed by atoms with E-state index in [2.05, 4.69) is 20.3 Å². The van der Waals surface area contributed by atoms with E-state index in [0.29, 0.717) is 5.13 Å². The van der Waals surface area contributed by atoms with E-state index in [4.69, 9.17) is 10.5 Å². The molecule has 0 bridgehead atoms. The molecule has 2 aromatic heterocycles. The maximum absolute atomic E-state index is 12.2. The number of benzene rings is 1. The minimum absolute atomic E-state index is 0.0578. The summed E-state index contributed by atoms with van der Waals surface area (Å²) in [6.07, 6.45) is 1.63. The molecular weight excluding hydrogens is 354 g/mol. The van der Waals surface area contributed by atoms with Gasteiger partial charge in [0, 0.05) is 23.3 Å². The van der Waals surface area contributed by atoms with Crippen LogP contribution in [0.5, 0.6) is 0 Å². The summed E-state index contributed by atoms with van der Waals surface area (Å²) in [6.45, 7) is 1.45. The normalized spacial score (nSPS) is 11.6. The molecule has 0 saturated heterocycles. The predicted molar refractivity (Wildman–Crippen MR) is 97.5 cm³/mol. The first kappa shape index (κ1) is 17.5. The molecule has 9 heteroatoms. The maximum atomic E-state index is 12.2. The molecule has 132 valence electrons. The van der Waals surface area contributed by atoms with Gasteiger partial charge in [0.1, 0.15) is 0 Å². The number of carbonyl (C=O) groups excluding carboxylic acids is 2. The Morgan fingerprint density at radius 3 is 2.65 bits per heavy atom. The fourth-order valence-electron chi connectivity index (χ4n) is 2.06. The van der Waals surface area contributed by atoms with Crippen LogP contribution in [-0.2, 0) is 9.53 Å². The van der Waals surface area contributed by atoms with E-state index in [1.165, 1.54) is 30.7 Å². The molecule has 3 N–H and O–H groups in total. The van der Waals surface area contributed by atoms with Crippen LogP contribution in [0, 0.1) is 0 Å². The number of nitrogen functional groups attached to an aromatic ring is 1. The van der Waals surface area contributed by atoms with E-state index >= 15 is 0 Å². The number of carbonyl (C=O) groups is 2. The summed E-state index contributed by atoms with van der Waals surface area (Å²) in [6, 6.07) is 9.59. The molecule has 0 aliphatic heterocycles. The summed E-state index contributed by atoms with van der Waals surface area (Å²) in [5, 5.41) is 4.88. The third kappa shape index (κ3) is 4.01. The lowest BCUT2D eigenvalue weighted by Gasteiger charge is -2.12. The van der Waals surface area contributed by atoms with Gasteiger partial charge in [0.05, 0.1) is 5.69 Å². The lowest BCUT2D eigenvalue weighted by molar-refractivity contribution is -0.123. The van der Waals surface area contributed by atoms with E-state index in [-0.39, 0.29) is 11.5 Å². The van der Waals surface area contributed by atoms with E-state index in [1.807, 2.05) is 35.7 Å². The van der Waals surface area contributed by atoms with Gasteiger partial charge < -0.3 is 10.5 Å². The van der Waals surface area contributed by atoms with Crippen molar-refractivity contribution < 1.29 is 14.3 Å². The Balaban J connectivity index is 1.62. The van der Waals surface area contributed by atoms with E-state index in [9.17, 15) is 9.59 Å². The second-order valence-electron chi connectivity index (χ2n) is 5.23. The molecule has 0 spiro atoms. The minimum atomic E-state index is -1.05. The summed E-state index contributed by atoms with van der Waals surface area (Å²) in [4.78, 5) is 36.2. The van der Waals surface area contributed by atoms with Gasteiger partial charge in [-0.1, -0.05) is 30.3 Å². The molecule has 1 amide bonds. The van der Waals surface area contributed by atoms with Gasteiger partial charge in [0.15, 0.2) is 22.7 Å². The second-order valence-corrected chi connectivity index (χ2v) is 6.09. The number of esters is 1. The summed E-state index contributed by atoms with van der Waals surface area (Å²) in [5.41, 5.74) is 7.14. The molecule has 0 fully saturated rings. The van der Waals surface area contributed by atoms with Crippen LogP contribution < -0.4 is 11.1 Å². The fourth-order valence-corrected chi connectivity index (χ4v) is 2.78. The van der Waals surface area contributed by atoms with Crippen molar-refractivity contribution in [3.63, 3.8) is 0 Å². The van der Waals surface area contributed by atoms with E-state index in [0.717, 1.165) is 11.3 Å². The van der Waals surface area contributed by atoms with Crippen molar-refractivity contribution in [2.24, 2.45) is 0 Å². The summed E-state index contributed by atoms with van der Waals surface area (Å²) < 4.78 is 5.09. The standard InChI is InChI=1S/C17H15N5O3S/c1-10(25-16(24)13-14(18)20-8-7-19-13)15(23)22-17-21-12(9-26-17)11-5-3-2-4-6-11/h2-10H,1H3,(H2,18,20)(H,21,22,23). The summed E-state index contributed by atoms with van der Waals surface area (Å²) in [5.74, 6) is -1.38. The Labute approximate surface area is 153 Å². The highest BCUT2D eigenvalue weighted by Gasteiger charge is 2.22. The van der Waals surface area contributed by atoms with E-state index < -0.39 is 18.0 Å². The van der Waals surface area contributed by atoms with Crippen molar-refractivity contribution in [3.8, 4) is 11.3 Å². The Hall–Kier alpha value is -3.33. The van der Waals surface area contributed by atoms with Crippen LogP contribution in [0.25, 0.3) is 11.3 Å². The number of anilines is 2. The zero-order chi connectivity index (χ0) is 18.5. The number of nitrogens with two attached hydrogens (primary N) is 1. The minimum Gasteiger partial charge on any atom is -0.448 e. The van der Waals surface area contributed by atoms with Crippen molar-refractivity contribution in [2.45, 2.75) is 13.0 Å². The van der Waals surface area contributed by atoms with Gasteiger partial charge in [-0.3, -0.25) is 10.1 Å². The topological polar surface area (TPSA) is 120 Å². The molecule has 0 aliphatic carbocycles. The Morgan fingerprint density at radius 2 is 1.92 bits per heavy atom. The molecular formula is C17H15N5O3S. The van der Waals surface area contributed by atoms with Crippen molar-refractivity contribution in [1.82, 2.24) is 15.0 Å². The molecule has 3 aromatic rings. The first-order valence-corrected chi connectivity index (χ1v) is 8.52. The number of hydrogen-bond donors (Lipinski definition) is 2. The first-order chi connectivity index (χ1) is 12.5. The van der Waals surface area contributed by atoms with Gasteiger partial charge in [-0.2, -0.15) is 0 Å². The number of rotatable bonds is 5. The highest BCUT2D eigenvalue weighted by Crippen LogP contribution is 2.24. The number of aromatic nitrogens is 3. The van der Waals surface area contributed by atoms with Gasteiger partial charge in [-0.15, -0.1) is 11.3 Å². The van der Waals surface area contributed by atoms with Gasteiger partial charge >= 0.3 is 5.97 Å². The number of nitrogens with one attached hydrogen (secondary N) is 1. The lowest BCUT2D eigenvalue weighted by Crippen LogP contribution is -2.30. The molecule has 1 aromatic carbocycles. The SMILES string of the molecule is CC(OC(=O)c1nccnc1N)C(=O)Nc1nc(-c2ccccc2)cs1. The largest absolute Gasteiger partial charge is 0.448 e. The molecule has 26 heavy (non-hydrogen) atoms. The number of nitrogens with zero attached hydrogens (tertiary/aromatic N) is 3. The number of thiazole rings is 1. The van der Waals surface area contributed by atoms with Gasteiger partial charge in [0.25, 0.3) is 5.91 Å². The van der Waals surface area contributed by atoms with Crippen LogP contribution >= 0.6 is 11.3 Å². The summed E-state index contributed by atoms with van der Waals surface area (Å²) >= 11 is 1.28. The van der Waals surface area contributed by atoms with Crippen LogP contribution in [-0.4, -0.2) is 32.9 Å². The Morgan fingerprint density at radius 1 is 1.19 bits per heavy atom. The Kier molecular flexibility index (Phi) is 5.18. The number of ether oxygens (including phenoxy) is 1. The van der Waals surface area contributed by atoms with Gasteiger partial charge in [-0.25, -0.2) is 19.7 Å². The van der Waals surface area contributed by atoms with Crippen molar-refractivity contribution in [1.29, 1.82) is 0 Å². The molecule has 1 atom stereocenters. The number of hydrogen-bond acceptors (Lipinski definition) is 8. The molecule has 0 saturated carbocycles. The van der Waals surface area contributed by atoms with Gasteiger partial charge in [-0.05, 0) is 6.92 Å². The zero-order valence-electron chi connectivity index (χ0n) is 13.7. The Bertz CT molecular complexity index is 929. The zero-order valence-corrected chi connectivity index (χ0v) is 14.6. The average molecular weight is 369 g/mol. The quantitative estimate of drug-likeness (QED) is 0.662. The molecule has 2 heterocycles. The van der Waals surface area contributed by atoms with Crippen molar-refractivity contribution in [2.75, 3.05) is 11.1 Å². The smallest absolute Gasteiger partial charge is 0.361 e. The van der Waals surface area contributed by atoms with Crippen LogP contribution in [0.1, 0.15) is 17.4 Å². The van der Waals surface area contributed by atoms with E-state index in [1.54, 1.807) is 0 Å². The van der Waals surface area contributed by atoms with Crippen LogP contribution in [0.3, 0.4) is 0 Å². The van der Waals surface area contributed by atoms with Crippen LogP contribution in [0.2, 0.25) is 0 Å². The maximum Gasteiger partial charge on any atom is 0.361 e. The molecule has 0 aliphatic rings. The second kappa shape index (κ2) is 7.70.